The van der Waals surface area contributed by atoms with Gasteiger partial charge in [-0.15, -0.1) is 0 Å². The van der Waals surface area contributed by atoms with Gasteiger partial charge in [0, 0.05) is 19.2 Å². The lowest BCUT2D eigenvalue weighted by molar-refractivity contribution is -0.125. The van der Waals surface area contributed by atoms with Gasteiger partial charge in [0.25, 0.3) is 0 Å². The van der Waals surface area contributed by atoms with Gasteiger partial charge in [0.05, 0.1) is 0 Å². The molecule has 0 aromatic heterocycles. The molecule has 0 aliphatic carbocycles. The van der Waals surface area contributed by atoms with E-state index in [0.717, 1.165) is 19.3 Å². The minimum atomic E-state index is -0.0539. The first-order valence-corrected chi connectivity index (χ1v) is 5.30. The number of nitrogens with one attached hydrogen (secondary N) is 1. The van der Waals surface area contributed by atoms with E-state index in [1.807, 2.05) is 13.8 Å². The fourth-order valence-electron chi connectivity index (χ4n) is 0.961. The van der Waals surface area contributed by atoms with Crippen molar-refractivity contribution in [2.24, 2.45) is 5.73 Å². The molecule has 0 saturated heterocycles. The molecule has 0 aliphatic heterocycles. The van der Waals surface area contributed by atoms with Crippen LogP contribution in [0.3, 0.4) is 0 Å². The molecule has 1 atom stereocenters. The second kappa shape index (κ2) is 8.97. The molecular weight excluding hydrogens is 180 g/mol. The van der Waals surface area contributed by atoms with Crippen LogP contribution >= 0.6 is 0 Å². The molecule has 4 nitrogen and oxygen atoms in total. The number of hydrogen-bond donors (Lipinski definition) is 2. The highest BCUT2D eigenvalue weighted by Gasteiger charge is 2.02. The smallest absolute Gasteiger partial charge is 0.245 e. The van der Waals surface area contributed by atoms with E-state index in [1.54, 1.807) is 0 Å². The number of carbonyl (C=O) groups is 1. The zero-order valence-corrected chi connectivity index (χ0v) is 9.21. The molecule has 0 rings (SSSR count). The predicted molar refractivity (Wildman–Crippen MR) is 57.0 cm³/mol. The van der Waals surface area contributed by atoms with E-state index in [1.165, 1.54) is 0 Å². The third-order valence-electron chi connectivity index (χ3n) is 1.94. The van der Waals surface area contributed by atoms with Gasteiger partial charge < -0.3 is 15.8 Å². The van der Waals surface area contributed by atoms with Crippen LogP contribution in [0.1, 0.15) is 33.1 Å². The number of hydrogen-bond acceptors (Lipinski definition) is 3. The van der Waals surface area contributed by atoms with E-state index >= 15 is 0 Å². The molecule has 3 N–H and O–H groups in total. The van der Waals surface area contributed by atoms with Crippen LogP contribution < -0.4 is 11.1 Å². The van der Waals surface area contributed by atoms with Crippen LogP contribution in [0.4, 0.5) is 0 Å². The average Bonchev–Trinajstić information content (AvgIpc) is 2.18. The first kappa shape index (κ1) is 13.4. The van der Waals surface area contributed by atoms with Gasteiger partial charge in [-0.2, -0.15) is 0 Å². The maximum atomic E-state index is 11.1. The quantitative estimate of drug-likeness (QED) is 0.568. The van der Waals surface area contributed by atoms with Gasteiger partial charge in [-0.05, 0) is 19.3 Å². The summed E-state index contributed by atoms with van der Waals surface area (Å²) >= 11 is 0. The Morgan fingerprint density at radius 3 is 2.79 bits per heavy atom. The minimum absolute atomic E-state index is 0.0539. The van der Waals surface area contributed by atoms with E-state index in [2.05, 4.69) is 5.32 Å². The fourth-order valence-corrected chi connectivity index (χ4v) is 0.961. The SMILES string of the molecule is CCCOCC(=O)NCCC(N)CC. The molecule has 1 amide bonds. The van der Waals surface area contributed by atoms with Crippen molar-refractivity contribution in [2.75, 3.05) is 19.8 Å². The van der Waals surface area contributed by atoms with Crippen molar-refractivity contribution >= 4 is 5.91 Å². The molecule has 0 aliphatic rings. The van der Waals surface area contributed by atoms with E-state index in [0.29, 0.717) is 13.2 Å². The summed E-state index contributed by atoms with van der Waals surface area (Å²) in [6.07, 6.45) is 2.71. The van der Waals surface area contributed by atoms with Gasteiger partial charge in [-0.25, -0.2) is 0 Å². The predicted octanol–water partition coefficient (Wildman–Crippen LogP) is 0.657. The lowest BCUT2D eigenvalue weighted by Gasteiger charge is -2.09. The van der Waals surface area contributed by atoms with E-state index in [9.17, 15) is 4.79 Å². The van der Waals surface area contributed by atoms with Crippen molar-refractivity contribution < 1.29 is 9.53 Å². The Morgan fingerprint density at radius 2 is 2.21 bits per heavy atom. The normalized spacial score (nSPS) is 12.5. The van der Waals surface area contributed by atoms with Crippen molar-refractivity contribution in [1.82, 2.24) is 5.32 Å². The number of ether oxygens (including phenoxy) is 1. The molecule has 14 heavy (non-hydrogen) atoms. The third kappa shape index (κ3) is 8.01. The maximum absolute atomic E-state index is 11.1. The van der Waals surface area contributed by atoms with Crippen molar-refractivity contribution in [1.29, 1.82) is 0 Å². The Morgan fingerprint density at radius 1 is 1.50 bits per heavy atom. The van der Waals surface area contributed by atoms with Crippen LogP contribution in [0.25, 0.3) is 0 Å². The summed E-state index contributed by atoms with van der Waals surface area (Å²) in [4.78, 5) is 11.1. The first-order valence-electron chi connectivity index (χ1n) is 5.30. The van der Waals surface area contributed by atoms with E-state index < -0.39 is 0 Å². The summed E-state index contributed by atoms with van der Waals surface area (Å²) in [7, 11) is 0. The summed E-state index contributed by atoms with van der Waals surface area (Å²) < 4.78 is 5.09. The topological polar surface area (TPSA) is 64.3 Å². The van der Waals surface area contributed by atoms with E-state index in [-0.39, 0.29) is 18.6 Å². The van der Waals surface area contributed by atoms with Gasteiger partial charge in [0.2, 0.25) is 5.91 Å². The lowest BCUT2D eigenvalue weighted by Crippen LogP contribution is -2.32. The summed E-state index contributed by atoms with van der Waals surface area (Å²) in [6.45, 7) is 5.50. The van der Waals surface area contributed by atoms with Crippen LogP contribution in [-0.2, 0) is 9.53 Å². The highest BCUT2D eigenvalue weighted by molar-refractivity contribution is 5.77. The van der Waals surface area contributed by atoms with Crippen LogP contribution in [0.2, 0.25) is 0 Å². The number of carbonyl (C=O) groups excluding carboxylic acids is 1. The van der Waals surface area contributed by atoms with Crippen molar-refractivity contribution in [3.63, 3.8) is 0 Å². The van der Waals surface area contributed by atoms with Crippen molar-refractivity contribution in [3.05, 3.63) is 0 Å². The second-order valence-electron chi connectivity index (χ2n) is 3.36. The van der Waals surface area contributed by atoms with Crippen LogP contribution in [0, 0.1) is 0 Å². The van der Waals surface area contributed by atoms with Gasteiger partial charge in [0.1, 0.15) is 6.61 Å². The number of rotatable bonds is 8. The molecule has 0 radical (unpaired) electrons. The molecular formula is C10H22N2O2. The number of amides is 1. The van der Waals surface area contributed by atoms with E-state index in [4.69, 9.17) is 10.5 Å². The molecule has 84 valence electrons. The molecule has 1 unspecified atom stereocenters. The summed E-state index contributed by atoms with van der Waals surface area (Å²) in [5.74, 6) is -0.0539. The standard InChI is InChI=1S/C10H22N2O2/c1-3-7-14-8-10(13)12-6-5-9(11)4-2/h9H,3-8,11H2,1-2H3,(H,12,13). The van der Waals surface area contributed by atoms with Gasteiger partial charge in [0.15, 0.2) is 0 Å². The third-order valence-corrected chi connectivity index (χ3v) is 1.94. The first-order chi connectivity index (χ1) is 6.70. The Balaban J connectivity index is 3.26. The molecule has 0 heterocycles. The molecule has 0 bridgehead atoms. The van der Waals surface area contributed by atoms with Crippen LogP contribution in [0.5, 0.6) is 0 Å². The zero-order chi connectivity index (χ0) is 10.8. The Labute approximate surface area is 86.2 Å². The Kier molecular flexibility index (Phi) is 8.57. The van der Waals surface area contributed by atoms with Gasteiger partial charge >= 0.3 is 0 Å². The van der Waals surface area contributed by atoms with Gasteiger partial charge in [-0.3, -0.25) is 4.79 Å². The molecule has 0 aromatic rings. The Bertz CT molecular complexity index is 151. The maximum Gasteiger partial charge on any atom is 0.245 e. The highest BCUT2D eigenvalue weighted by Crippen LogP contribution is 1.90. The van der Waals surface area contributed by atoms with Crippen molar-refractivity contribution in [3.8, 4) is 0 Å². The summed E-state index contributed by atoms with van der Waals surface area (Å²) in [5.41, 5.74) is 5.70. The minimum Gasteiger partial charge on any atom is -0.372 e. The zero-order valence-electron chi connectivity index (χ0n) is 9.21. The van der Waals surface area contributed by atoms with Crippen LogP contribution in [0.15, 0.2) is 0 Å². The average molecular weight is 202 g/mol. The second-order valence-corrected chi connectivity index (χ2v) is 3.36. The summed E-state index contributed by atoms with van der Waals surface area (Å²) in [6, 6.07) is 0.187. The Hall–Kier alpha value is -0.610. The lowest BCUT2D eigenvalue weighted by atomic mass is 10.2. The molecule has 4 heteroatoms. The van der Waals surface area contributed by atoms with Gasteiger partial charge in [-0.1, -0.05) is 13.8 Å². The molecule has 0 saturated carbocycles. The monoisotopic (exact) mass is 202 g/mol. The largest absolute Gasteiger partial charge is 0.372 e. The van der Waals surface area contributed by atoms with Crippen LogP contribution in [-0.4, -0.2) is 31.7 Å². The highest BCUT2D eigenvalue weighted by atomic mass is 16.5. The fraction of sp³-hybridized carbons (Fsp3) is 0.900. The molecule has 0 spiro atoms. The molecule has 0 aromatic carbocycles. The number of nitrogens with two attached hydrogens (primary N) is 1. The summed E-state index contributed by atoms with van der Waals surface area (Å²) in [5, 5.41) is 2.76. The van der Waals surface area contributed by atoms with Crippen molar-refractivity contribution in [2.45, 2.75) is 39.2 Å². The molecule has 0 fully saturated rings.